The highest BCUT2D eigenvalue weighted by Crippen LogP contribution is 2.25. The third kappa shape index (κ3) is 1.89. The molecule has 3 rings (SSSR count). The van der Waals surface area contributed by atoms with Crippen LogP contribution in [-0.4, -0.2) is 42.1 Å². The molecule has 94 valence electrons. The maximum absolute atomic E-state index is 8.97. The topological polar surface area (TPSA) is 69.2 Å². The van der Waals surface area contributed by atoms with Crippen molar-refractivity contribution in [2.75, 3.05) is 36.8 Å². The third-order valence-corrected chi connectivity index (χ3v) is 3.93. The lowest BCUT2D eigenvalue weighted by atomic mass is 10.1. The highest BCUT2D eigenvalue weighted by Gasteiger charge is 2.31. The molecule has 5 nitrogen and oxygen atoms in total. The molecule has 0 radical (unpaired) electrons. The summed E-state index contributed by atoms with van der Waals surface area (Å²) in [5.74, 6) is 0.882. The standard InChI is InChI=1S/C13H17N5/c14-8-12-11(15)3-4-13(16-12)18-7-6-17-5-1-2-10(17)9-18/h3-4,10H,1-2,5-7,9,15H2. The fourth-order valence-corrected chi connectivity index (χ4v) is 2.92. The Morgan fingerprint density at radius 1 is 1.33 bits per heavy atom. The molecule has 0 spiro atoms. The van der Waals surface area contributed by atoms with Gasteiger partial charge in [-0.1, -0.05) is 0 Å². The molecule has 1 aromatic rings. The van der Waals surface area contributed by atoms with Crippen LogP contribution >= 0.6 is 0 Å². The van der Waals surface area contributed by atoms with Crippen molar-refractivity contribution in [3.8, 4) is 6.07 Å². The molecule has 2 N–H and O–H groups in total. The number of nitrogen functional groups attached to an aromatic ring is 1. The van der Waals surface area contributed by atoms with E-state index in [1.165, 1.54) is 19.4 Å². The van der Waals surface area contributed by atoms with Gasteiger partial charge in [0.1, 0.15) is 11.9 Å². The number of hydrogen-bond donors (Lipinski definition) is 1. The summed E-state index contributed by atoms with van der Waals surface area (Å²) in [5.41, 5.74) is 6.50. The Morgan fingerprint density at radius 3 is 3.06 bits per heavy atom. The number of nitrogens with zero attached hydrogens (tertiary/aromatic N) is 4. The monoisotopic (exact) mass is 243 g/mol. The molecule has 5 heteroatoms. The van der Waals surface area contributed by atoms with Gasteiger partial charge < -0.3 is 10.6 Å². The molecule has 0 amide bonds. The molecule has 1 aromatic heterocycles. The van der Waals surface area contributed by atoms with Crippen LogP contribution in [0.15, 0.2) is 12.1 Å². The molecule has 18 heavy (non-hydrogen) atoms. The predicted molar refractivity (Wildman–Crippen MR) is 70.2 cm³/mol. The average Bonchev–Trinajstić information content (AvgIpc) is 2.86. The van der Waals surface area contributed by atoms with Crippen LogP contribution < -0.4 is 10.6 Å². The fraction of sp³-hybridized carbons (Fsp3) is 0.538. The molecule has 1 unspecified atom stereocenters. The van der Waals surface area contributed by atoms with E-state index in [0.717, 1.165) is 25.5 Å². The van der Waals surface area contributed by atoms with E-state index in [4.69, 9.17) is 11.0 Å². The second kappa shape index (κ2) is 4.46. The zero-order valence-corrected chi connectivity index (χ0v) is 10.3. The second-order valence-corrected chi connectivity index (χ2v) is 5.00. The van der Waals surface area contributed by atoms with Gasteiger partial charge in [0.05, 0.1) is 5.69 Å². The van der Waals surface area contributed by atoms with Crippen LogP contribution in [0.5, 0.6) is 0 Å². The van der Waals surface area contributed by atoms with E-state index in [1.807, 2.05) is 12.1 Å². The van der Waals surface area contributed by atoms with Gasteiger partial charge in [-0.3, -0.25) is 4.90 Å². The molecule has 0 aromatic carbocycles. The maximum Gasteiger partial charge on any atom is 0.165 e. The Morgan fingerprint density at radius 2 is 2.22 bits per heavy atom. The first kappa shape index (κ1) is 11.3. The van der Waals surface area contributed by atoms with E-state index in [9.17, 15) is 0 Å². The van der Waals surface area contributed by atoms with Gasteiger partial charge >= 0.3 is 0 Å². The van der Waals surface area contributed by atoms with Gasteiger partial charge in [0.25, 0.3) is 0 Å². The van der Waals surface area contributed by atoms with Gasteiger partial charge in [-0.25, -0.2) is 4.98 Å². The lowest BCUT2D eigenvalue weighted by molar-refractivity contribution is 0.230. The molecule has 1 atom stereocenters. The Labute approximate surface area is 107 Å². The molecular formula is C13H17N5. The first-order valence-corrected chi connectivity index (χ1v) is 6.43. The van der Waals surface area contributed by atoms with Gasteiger partial charge in [0, 0.05) is 25.7 Å². The zero-order chi connectivity index (χ0) is 12.5. The molecule has 2 fully saturated rings. The van der Waals surface area contributed by atoms with E-state index in [0.29, 0.717) is 17.4 Å². The van der Waals surface area contributed by atoms with Gasteiger partial charge in [-0.2, -0.15) is 5.26 Å². The van der Waals surface area contributed by atoms with E-state index in [2.05, 4.69) is 14.8 Å². The average molecular weight is 243 g/mol. The van der Waals surface area contributed by atoms with E-state index >= 15 is 0 Å². The summed E-state index contributed by atoms with van der Waals surface area (Å²) in [6, 6.07) is 6.40. The number of nitrogens with two attached hydrogens (primary N) is 1. The maximum atomic E-state index is 8.97. The minimum absolute atomic E-state index is 0.335. The van der Waals surface area contributed by atoms with E-state index in [1.54, 1.807) is 6.07 Å². The number of fused-ring (bicyclic) bond motifs is 1. The molecule has 0 bridgehead atoms. The summed E-state index contributed by atoms with van der Waals surface area (Å²) in [6.45, 7) is 4.33. The van der Waals surface area contributed by atoms with Crippen LogP contribution in [-0.2, 0) is 0 Å². The molecule has 2 aliphatic rings. The van der Waals surface area contributed by atoms with Crippen molar-refractivity contribution in [3.63, 3.8) is 0 Å². The molecule has 0 saturated carbocycles. The number of anilines is 2. The van der Waals surface area contributed by atoms with Crippen molar-refractivity contribution in [3.05, 3.63) is 17.8 Å². The predicted octanol–water partition coefficient (Wildman–Crippen LogP) is 0.820. The van der Waals surface area contributed by atoms with Crippen LogP contribution in [0.2, 0.25) is 0 Å². The number of aromatic nitrogens is 1. The summed E-state index contributed by atoms with van der Waals surface area (Å²) >= 11 is 0. The lowest BCUT2D eigenvalue weighted by Crippen LogP contribution is -2.50. The summed E-state index contributed by atoms with van der Waals surface area (Å²) < 4.78 is 0. The van der Waals surface area contributed by atoms with Gasteiger partial charge in [-0.15, -0.1) is 0 Å². The smallest absolute Gasteiger partial charge is 0.165 e. The first-order chi connectivity index (χ1) is 8.78. The normalized spacial score (nSPS) is 23.7. The zero-order valence-electron chi connectivity index (χ0n) is 10.3. The van der Waals surface area contributed by atoms with Crippen LogP contribution in [0.25, 0.3) is 0 Å². The van der Waals surface area contributed by atoms with Crippen LogP contribution in [0.3, 0.4) is 0 Å². The fourth-order valence-electron chi connectivity index (χ4n) is 2.92. The van der Waals surface area contributed by atoms with Crippen molar-refractivity contribution in [1.29, 1.82) is 5.26 Å². The van der Waals surface area contributed by atoms with E-state index < -0.39 is 0 Å². The molecule has 0 aliphatic carbocycles. The first-order valence-electron chi connectivity index (χ1n) is 6.43. The quantitative estimate of drug-likeness (QED) is 0.791. The number of rotatable bonds is 1. The van der Waals surface area contributed by atoms with Gasteiger partial charge in [0.2, 0.25) is 0 Å². The number of nitriles is 1. The van der Waals surface area contributed by atoms with Crippen molar-refractivity contribution < 1.29 is 0 Å². The summed E-state index contributed by atoms with van der Waals surface area (Å²) in [6.07, 6.45) is 2.58. The Bertz CT molecular complexity index is 493. The molecule has 2 aliphatic heterocycles. The second-order valence-electron chi connectivity index (χ2n) is 5.00. The van der Waals surface area contributed by atoms with Crippen molar-refractivity contribution in [1.82, 2.24) is 9.88 Å². The van der Waals surface area contributed by atoms with Crippen molar-refractivity contribution in [2.24, 2.45) is 0 Å². The number of pyridine rings is 1. The van der Waals surface area contributed by atoms with Crippen LogP contribution in [0.1, 0.15) is 18.5 Å². The Kier molecular flexibility index (Phi) is 2.80. The lowest BCUT2D eigenvalue weighted by Gasteiger charge is -2.38. The molecular weight excluding hydrogens is 226 g/mol. The highest BCUT2D eigenvalue weighted by atomic mass is 15.3. The Balaban J connectivity index is 1.81. The molecule has 3 heterocycles. The largest absolute Gasteiger partial charge is 0.396 e. The third-order valence-electron chi connectivity index (χ3n) is 3.93. The SMILES string of the molecule is N#Cc1nc(N2CCN3CCCC3C2)ccc1N. The number of hydrogen-bond acceptors (Lipinski definition) is 5. The highest BCUT2D eigenvalue weighted by molar-refractivity contribution is 5.55. The number of piperazine rings is 1. The van der Waals surface area contributed by atoms with Gasteiger partial charge in [0.15, 0.2) is 5.69 Å². The van der Waals surface area contributed by atoms with Gasteiger partial charge in [-0.05, 0) is 31.5 Å². The van der Waals surface area contributed by atoms with Crippen LogP contribution in [0.4, 0.5) is 11.5 Å². The summed E-state index contributed by atoms with van der Waals surface area (Å²) in [7, 11) is 0. The minimum atomic E-state index is 0.335. The summed E-state index contributed by atoms with van der Waals surface area (Å²) in [4.78, 5) is 9.18. The minimum Gasteiger partial charge on any atom is -0.396 e. The van der Waals surface area contributed by atoms with E-state index in [-0.39, 0.29) is 0 Å². The Hall–Kier alpha value is -1.80. The molecule has 2 saturated heterocycles. The van der Waals surface area contributed by atoms with Crippen LogP contribution in [0, 0.1) is 11.3 Å². The van der Waals surface area contributed by atoms with Crippen molar-refractivity contribution >= 4 is 11.5 Å². The van der Waals surface area contributed by atoms with Crippen molar-refractivity contribution in [2.45, 2.75) is 18.9 Å². The summed E-state index contributed by atoms with van der Waals surface area (Å²) in [5, 5.41) is 8.97.